The minimum Gasteiger partial charge on any atom is -0.478 e. The second kappa shape index (κ2) is 15.4. The van der Waals surface area contributed by atoms with Crippen LogP contribution < -0.4 is 10.6 Å². The van der Waals surface area contributed by atoms with Gasteiger partial charge in [-0.1, -0.05) is 115 Å². The van der Waals surface area contributed by atoms with E-state index in [4.69, 9.17) is 16.3 Å². The van der Waals surface area contributed by atoms with Crippen LogP contribution in [0.1, 0.15) is 47.4 Å². The van der Waals surface area contributed by atoms with E-state index in [1.807, 2.05) is 66.7 Å². The van der Waals surface area contributed by atoms with Crippen LogP contribution in [0, 0.1) is 0 Å². The standard InChI is InChI=1S/C38H37ClN2O4/c1-26-34(38(43)44)35(30-18-11-19-31(39)24-30)36(33(41-26)25-45-23-21-27-12-5-2-6-13-27)37(42)40-22-20-32(28-14-7-3-8-15-28)29-16-9-4-10-17-29/h2-19,24,32,35,41H,20-23,25H2,1H3,(H,40,42)(H,43,44). The second-order valence-corrected chi connectivity index (χ2v) is 11.5. The lowest BCUT2D eigenvalue weighted by Gasteiger charge is -2.31. The highest BCUT2D eigenvalue weighted by molar-refractivity contribution is 6.30. The Morgan fingerprint density at radius 1 is 0.867 bits per heavy atom. The number of aliphatic carboxylic acids is 1. The Morgan fingerprint density at radius 3 is 2.09 bits per heavy atom. The van der Waals surface area contributed by atoms with Gasteiger partial charge in [-0.3, -0.25) is 4.79 Å². The van der Waals surface area contributed by atoms with Gasteiger partial charge in [0.2, 0.25) is 5.91 Å². The summed E-state index contributed by atoms with van der Waals surface area (Å²) in [7, 11) is 0. The van der Waals surface area contributed by atoms with Crippen molar-refractivity contribution in [3.05, 3.63) is 165 Å². The Kier molecular flexibility index (Phi) is 10.9. The maximum atomic E-state index is 14.1. The summed E-state index contributed by atoms with van der Waals surface area (Å²) in [6, 6.07) is 37.5. The van der Waals surface area contributed by atoms with Gasteiger partial charge in [0.05, 0.1) is 36.0 Å². The molecular formula is C38H37ClN2O4. The first-order chi connectivity index (χ1) is 21.9. The average molecular weight is 621 g/mol. The molecular weight excluding hydrogens is 584 g/mol. The first-order valence-electron chi connectivity index (χ1n) is 15.1. The van der Waals surface area contributed by atoms with E-state index in [1.165, 1.54) is 0 Å². The topological polar surface area (TPSA) is 87.7 Å². The summed E-state index contributed by atoms with van der Waals surface area (Å²) >= 11 is 6.37. The van der Waals surface area contributed by atoms with Crippen LogP contribution in [0.15, 0.2) is 138 Å². The number of ether oxygens (including phenoxy) is 1. The number of hydrogen-bond donors (Lipinski definition) is 3. The Morgan fingerprint density at radius 2 is 1.49 bits per heavy atom. The number of halogens is 1. The zero-order chi connectivity index (χ0) is 31.6. The summed E-state index contributed by atoms with van der Waals surface area (Å²) in [5.41, 5.74) is 5.50. The van der Waals surface area contributed by atoms with Gasteiger partial charge in [-0.15, -0.1) is 0 Å². The number of nitrogens with one attached hydrogen (secondary N) is 2. The van der Waals surface area contributed by atoms with Gasteiger partial charge in [0.1, 0.15) is 0 Å². The molecule has 0 spiro atoms. The van der Waals surface area contributed by atoms with Crippen LogP contribution in [0.2, 0.25) is 5.02 Å². The molecule has 0 aliphatic carbocycles. The van der Waals surface area contributed by atoms with E-state index in [0.717, 1.165) is 16.7 Å². The number of carboxylic acids is 1. The Balaban J connectivity index is 1.42. The molecule has 0 bridgehead atoms. The van der Waals surface area contributed by atoms with Crippen LogP contribution in [0.4, 0.5) is 0 Å². The number of benzene rings is 4. The fourth-order valence-electron chi connectivity index (χ4n) is 5.91. The minimum absolute atomic E-state index is 0.0763. The predicted molar refractivity (Wildman–Crippen MR) is 178 cm³/mol. The molecule has 1 heterocycles. The van der Waals surface area contributed by atoms with Crippen molar-refractivity contribution in [3.8, 4) is 0 Å². The highest BCUT2D eigenvalue weighted by Gasteiger charge is 2.37. The monoisotopic (exact) mass is 620 g/mol. The molecule has 1 atom stereocenters. The van der Waals surface area contributed by atoms with Gasteiger partial charge >= 0.3 is 5.97 Å². The molecule has 1 unspecified atom stereocenters. The van der Waals surface area contributed by atoms with E-state index in [9.17, 15) is 14.7 Å². The Labute approximate surface area is 269 Å². The average Bonchev–Trinajstić information content (AvgIpc) is 3.05. The van der Waals surface area contributed by atoms with E-state index in [0.29, 0.717) is 53.5 Å². The van der Waals surface area contributed by atoms with Gasteiger partial charge in [0.15, 0.2) is 0 Å². The number of carboxylic acid groups (broad SMARTS) is 1. The van der Waals surface area contributed by atoms with Crippen LogP contribution >= 0.6 is 11.6 Å². The number of hydrogen-bond acceptors (Lipinski definition) is 4. The molecule has 1 amide bonds. The van der Waals surface area contributed by atoms with Crippen LogP contribution in [0.5, 0.6) is 0 Å². The molecule has 230 valence electrons. The van der Waals surface area contributed by atoms with Crippen molar-refractivity contribution < 1.29 is 19.4 Å². The molecule has 1 aliphatic rings. The Hall–Kier alpha value is -4.65. The zero-order valence-electron chi connectivity index (χ0n) is 25.2. The first-order valence-corrected chi connectivity index (χ1v) is 15.5. The van der Waals surface area contributed by atoms with Crippen molar-refractivity contribution in [2.75, 3.05) is 19.8 Å². The van der Waals surface area contributed by atoms with Crippen LogP contribution in [-0.4, -0.2) is 36.7 Å². The SMILES string of the molecule is CC1=C(C(=O)O)C(c2cccc(Cl)c2)C(C(=O)NCCC(c2ccccc2)c2ccccc2)=C(COCCc2ccccc2)N1. The van der Waals surface area contributed by atoms with Crippen molar-refractivity contribution in [2.45, 2.75) is 31.6 Å². The summed E-state index contributed by atoms with van der Waals surface area (Å²) in [5, 5.41) is 17.1. The molecule has 0 fully saturated rings. The number of carbonyl (C=O) groups is 2. The lowest BCUT2D eigenvalue weighted by molar-refractivity contribution is -0.133. The molecule has 6 nitrogen and oxygen atoms in total. The lowest BCUT2D eigenvalue weighted by Crippen LogP contribution is -2.38. The van der Waals surface area contributed by atoms with Gasteiger partial charge in [-0.2, -0.15) is 0 Å². The number of rotatable bonds is 13. The van der Waals surface area contributed by atoms with Gasteiger partial charge in [-0.05, 0) is 54.2 Å². The summed E-state index contributed by atoms with van der Waals surface area (Å²) in [4.78, 5) is 26.8. The smallest absolute Gasteiger partial charge is 0.334 e. The maximum Gasteiger partial charge on any atom is 0.334 e. The van der Waals surface area contributed by atoms with E-state index >= 15 is 0 Å². The molecule has 0 radical (unpaired) electrons. The molecule has 0 saturated carbocycles. The summed E-state index contributed by atoms with van der Waals surface area (Å²) in [5.74, 6) is -2.21. The molecule has 7 heteroatoms. The quantitative estimate of drug-likeness (QED) is 0.137. The lowest BCUT2D eigenvalue weighted by atomic mass is 9.80. The molecule has 0 aromatic heterocycles. The van der Waals surface area contributed by atoms with Crippen LogP contribution in [0.3, 0.4) is 0 Å². The summed E-state index contributed by atoms with van der Waals surface area (Å²) in [6.45, 7) is 2.65. The molecule has 1 aliphatic heterocycles. The second-order valence-electron chi connectivity index (χ2n) is 11.1. The van der Waals surface area contributed by atoms with Gasteiger partial charge in [0.25, 0.3) is 0 Å². The van der Waals surface area contributed by atoms with Crippen molar-refractivity contribution in [1.29, 1.82) is 0 Å². The van der Waals surface area contributed by atoms with Crippen molar-refractivity contribution in [2.24, 2.45) is 0 Å². The molecule has 45 heavy (non-hydrogen) atoms. The van der Waals surface area contributed by atoms with E-state index in [2.05, 4.69) is 34.9 Å². The number of allylic oxidation sites excluding steroid dienone is 1. The van der Waals surface area contributed by atoms with Crippen LogP contribution in [0.25, 0.3) is 0 Å². The van der Waals surface area contributed by atoms with Crippen molar-refractivity contribution in [3.63, 3.8) is 0 Å². The normalized spacial score (nSPS) is 14.8. The van der Waals surface area contributed by atoms with Gasteiger partial charge in [-0.25, -0.2) is 4.79 Å². The van der Waals surface area contributed by atoms with E-state index in [1.54, 1.807) is 31.2 Å². The Bertz CT molecular complexity index is 1630. The van der Waals surface area contributed by atoms with E-state index < -0.39 is 11.9 Å². The fourth-order valence-corrected chi connectivity index (χ4v) is 6.11. The number of dihydropyridines is 1. The largest absolute Gasteiger partial charge is 0.478 e. The summed E-state index contributed by atoms with van der Waals surface area (Å²) < 4.78 is 6.07. The van der Waals surface area contributed by atoms with Gasteiger partial charge in [0, 0.05) is 23.2 Å². The molecule has 3 N–H and O–H groups in total. The van der Waals surface area contributed by atoms with Gasteiger partial charge < -0.3 is 20.5 Å². The molecule has 4 aromatic carbocycles. The third-order valence-corrected chi connectivity index (χ3v) is 8.28. The highest BCUT2D eigenvalue weighted by Crippen LogP contribution is 2.39. The fraction of sp³-hybridized carbons (Fsp3) is 0.211. The first kappa shape index (κ1) is 31.8. The maximum absolute atomic E-state index is 14.1. The predicted octanol–water partition coefficient (Wildman–Crippen LogP) is 7.24. The number of carbonyl (C=O) groups excluding carboxylic acids is 1. The van der Waals surface area contributed by atoms with Crippen molar-refractivity contribution in [1.82, 2.24) is 10.6 Å². The molecule has 4 aromatic rings. The third-order valence-electron chi connectivity index (χ3n) is 8.05. The third kappa shape index (κ3) is 8.09. The molecule has 0 saturated heterocycles. The number of amides is 1. The zero-order valence-corrected chi connectivity index (χ0v) is 26.0. The highest BCUT2D eigenvalue weighted by atomic mass is 35.5. The van der Waals surface area contributed by atoms with E-state index in [-0.39, 0.29) is 24.0 Å². The van der Waals surface area contributed by atoms with Crippen molar-refractivity contribution >= 4 is 23.5 Å². The summed E-state index contributed by atoms with van der Waals surface area (Å²) in [6.07, 6.45) is 1.37. The molecule has 5 rings (SSSR count). The minimum atomic E-state index is -1.10. The van der Waals surface area contributed by atoms with Crippen LogP contribution in [-0.2, 0) is 20.7 Å².